The number of rotatable bonds is 5. The number of para-hydroxylation sites is 1. The lowest BCUT2D eigenvalue weighted by Gasteiger charge is -2.15. The Balaban J connectivity index is 1.75. The number of aromatic nitrogens is 2. The van der Waals surface area contributed by atoms with Crippen LogP contribution in [0.2, 0.25) is 0 Å². The molecule has 162 valence electrons. The Labute approximate surface area is 191 Å². The van der Waals surface area contributed by atoms with Crippen molar-refractivity contribution in [1.29, 1.82) is 0 Å². The highest BCUT2D eigenvalue weighted by Crippen LogP contribution is 2.29. The second-order valence-corrected chi connectivity index (χ2v) is 7.57. The molecule has 0 fully saturated rings. The maximum atomic E-state index is 13.6. The second kappa shape index (κ2) is 8.63. The first kappa shape index (κ1) is 20.5. The summed E-state index contributed by atoms with van der Waals surface area (Å²) in [7, 11) is 3.17. The van der Waals surface area contributed by atoms with Crippen molar-refractivity contribution >= 4 is 33.8 Å². The summed E-state index contributed by atoms with van der Waals surface area (Å²) in [5, 5.41) is 2.82. The smallest absolute Gasteiger partial charge is 0.266 e. The maximum absolute atomic E-state index is 13.6. The summed E-state index contributed by atoms with van der Waals surface area (Å²) in [5.74, 6) is 1.67. The monoisotopic (exact) mass is 434 g/mol. The van der Waals surface area contributed by atoms with Crippen molar-refractivity contribution in [2.45, 2.75) is 0 Å². The largest absolute Gasteiger partial charge is 0.497 e. The lowest BCUT2D eigenvalue weighted by atomic mass is 10.0. The molecular formula is C28H22N2O3. The Morgan fingerprint density at radius 3 is 2.36 bits per heavy atom. The molecular weight excluding hydrogens is 412 g/mol. The molecule has 0 amide bonds. The van der Waals surface area contributed by atoms with E-state index in [-0.39, 0.29) is 5.56 Å². The Morgan fingerprint density at radius 1 is 0.788 bits per heavy atom. The van der Waals surface area contributed by atoms with Gasteiger partial charge < -0.3 is 9.47 Å². The molecule has 0 atom stereocenters. The molecule has 0 spiro atoms. The Bertz CT molecular complexity index is 1560. The number of benzene rings is 4. The molecule has 1 aromatic heterocycles. The molecule has 0 aliphatic heterocycles. The minimum atomic E-state index is -0.165. The molecule has 5 aromatic rings. The van der Waals surface area contributed by atoms with Gasteiger partial charge in [0.05, 0.1) is 30.8 Å². The lowest BCUT2D eigenvalue weighted by Crippen LogP contribution is -2.22. The minimum absolute atomic E-state index is 0.165. The fourth-order valence-corrected chi connectivity index (χ4v) is 4.02. The van der Waals surface area contributed by atoms with E-state index < -0.39 is 0 Å². The zero-order chi connectivity index (χ0) is 22.8. The molecule has 5 nitrogen and oxygen atoms in total. The lowest BCUT2D eigenvalue weighted by molar-refractivity contribution is 0.393. The number of methoxy groups -OCH3 is 2. The van der Waals surface area contributed by atoms with Crippen molar-refractivity contribution in [2.24, 2.45) is 0 Å². The van der Waals surface area contributed by atoms with Gasteiger partial charge in [0.1, 0.15) is 17.3 Å². The van der Waals surface area contributed by atoms with Crippen LogP contribution in [0.15, 0.2) is 89.7 Å². The SMILES string of the molecule is COc1ccc(-n2c(C=Cc3cccc4ccccc34)nc3ccccc3c2=O)c(OC)c1. The van der Waals surface area contributed by atoms with Gasteiger partial charge in [-0.15, -0.1) is 0 Å². The molecule has 0 N–H and O–H groups in total. The zero-order valence-corrected chi connectivity index (χ0v) is 18.4. The summed E-state index contributed by atoms with van der Waals surface area (Å²) in [5.41, 5.74) is 2.12. The van der Waals surface area contributed by atoms with E-state index in [9.17, 15) is 4.79 Å². The van der Waals surface area contributed by atoms with Gasteiger partial charge in [-0.3, -0.25) is 9.36 Å². The molecule has 0 saturated heterocycles. The van der Waals surface area contributed by atoms with E-state index in [4.69, 9.17) is 14.5 Å². The van der Waals surface area contributed by atoms with Crippen LogP contribution in [0.4, 0.5) is 0 Å². The van der Waals surface area contributed by atoms with Gasteiger partial charge in [0.2, 0.25) is 0 Å². The predicted octanol–water partition coefficient (Wildman–Crippen LogP) is 5.73. The number of ether oxygens (including phenoxy) is 2. The summed E-state index contributed by atoms with van der Waals surface area (Å²) in [6.45, 7) is 0. The molecule has 33 heavy (non-hydrogen) atoms. The Hall–Kier alpha value is -4.38. The molecule has 0 aliphatic rings. The van der Waals surface area contributed by atoms with Crippen molar-refractivity contribution < 1.29 is 9.47 Å². The van der Waals surface area contributed by atoms with Crippen LogP contribution in [0.25, 0.3) is 39.5 Å². The third-order valence-electron chi connectivity index (χ3n) is 5.66. The fourth-order valence-electron chi connectivity index (χ4n) is 4.02. The van der Waals surface area contributed by atoms with Gasteiger partial charge in [-0.25, -0.2) is 4.98 Å². The summed E-state index contributed by atoms with van der Waals surface area (Å²) in [6, 6.07) is 27.1. The van der Waals surface area contributed by atoms with E-state index >= 15 is 0 Å². The fraction of sp³-hybridized carbons (Fsp3) is 0.0714. The summed E-state index contributed by atoms with van der Waals surface area (Å²) in [4.78, 5) is 18.4. The predicted molar refractivity (Wildman–Crippen MR) is 133 cm³/mol. The van der Waals surface area contributed by atoms with Gasteiger partial charge >= 0.3 is 0 Å². The number of nitrogens with zero attached hydrogens (tertiary/aromatic N) is 2. The molecule has 0 bridgehead atoms. The van der Waals surface area contributed by atoms with Crippen molar-refractivity contribution in [1.82, 2.24) is 9.55 Å². The molecule has 5 rings (SSSR count). The van der Waals surface area contributed by atoms with E-state index in [1.807, 2.05) is 54.6 Å². The van der Waals surface area contributed by atoms with E-state index in [2.05, 4.69) is 24.3 Å². The summed E-state index contributed by atoms with van der Waals surface area (Å²) >= 11 is 0. The quantitative estimate of drug-likeness (QED) is 0.355. The first-order valence-electron chi connectivity index (χ1n) is 10.6. The van der Waals surface area contributed by atoms with Crippen LogP contribution < -0.4 is 15.0 Å². The zero-order valence-electron chi connectivity index (χ0n) is 18.4. The molecule has 1 heterocycles. The van der Waals surface area contributed by atoms with Crippen molar-refractivity contribution in [3.63, 3.8) is 0 Å². The van der Waals surface area contributed by atoms with Gasteiger partial charge in [0, 0.05) is 6.07 Å². The van der Waals surface area contributed by atoms with Gasteiger partial charge in [-0.05, 0) is 46.7 Å². The third-order valence-corrected chi connectivity index (χ3v) is 5.66. The molecule has 5 heteroatoms. The van der Waals surface area contributed by atoms with Crippen LogP contribution in [0.1, 0.15) is 11.4 Å². The minimum Gasteiger partial charge on any atom is -0.497 e. The number of hydrogen-bond acceptors (Lipinski definition) is 4. The molecule has 4 aromatic carbocycles. The van der Waals surface area contributed by atoms with Crippen LogP contribution in [-0.4, -0.2) is 23.8 Å². The average Bonchev–Trinajstić information content (AvgIpc) is 2.87. The summed E-state index contributed by atoms with van der Waals surface area (Å²) in [6.07, 6.45) is 3.87. The normalized spacial score (nSPS) is 11.3. The van der Waals surface area contributed by atoms with Gasteiger partial charge in [-0.1, -0.05) is 60.7 Å². The Morgan fingerprint density at radius 2 is 1.55 bits per heavy atom. The highest BCUT2D eigenvalue weighted by atomic mass is 16.5. The topological polar surface area (TPSA) is 53.4 Å². The molecule has 0 unspecified atom stereocenters. The van der Waals surface area contributed by atoms with Crippen LogP contribution in [0, 0.1) is 0 Å². The van der Waals surface area contributed by atoms with Crippen LogP contribution in [0.5, 0.6) is 11.5 Å². The number of fused-ring (bicyclic) bond motifs is 2. The Kier molecular flexibility index (Phi) is 5.37. The van der Waals surface area contributed by atoms with Gasteiger partial charge in [0.25, 0.3) is 5.56 Å². The molecule has 0 radical (unpaired) electrons. The van der Waals surface area contributed by atoms with Crippen LogP contribution in [-0.2, 0) is 0 Å². The standard InChI is InChI=1S/C28H22N2O3/c1-32-21-15-16-25(26(18-21)33-2)30-27(29-24-13-6-5-12-23(24)28(30)31)17-14-20-10-7-9-19-8-3-4-11-22(19)20/h3-18H,1-2H3. The summed E-state index contributed by atoms with van der Waals surface area (Å²) < 4.78 is 12.5. The third kappa shape index (κ3) is 3.74. The van der Waals surface area contributed by atoms with Gasteiger partial charge in [-0.2, -0.15) is 0 Å². The van der Waals surface area contributed by atoms with Crippen LogP contribution >= 0.6 is 0 Å². The first-order valence-corrected chi connectivity index (χ1v) is 10.6. The van der Waals surface area contributed by atoms with E-state index in [0.717, 1.165) is 16.3 Å². The maximum Gasteiger partial charge on any atom is 0.266 e. The average molecular weight is 434 g/mol. The van der Waals surface area contributed by atoms with Gasteiger partial charge in [0.15, 0.2) is 0 Å². The molecule has 0 aliphatic carbocycles. The second-order valence-electron chi connectivity index (χ2n) is 7.57. The molecule has 0 saturated carbocycles. The van der Waals surface area contributed by atoms with Crippen LogP contribution in [0.3, 0.4) is 0 Å². The van der Waals surface area contributed by atoms with Crippen molar-refractivity contribution in [3.05, 3.63) is 107 Å². The highest BCUT2D eigenvalue weighted by Gasteiger charge is 2.15. The van der Waals surface area contributed by atoms with E-state index in [1.54, 1.807) is 37.0 Å². The van der Waals surface area contributed by atoms with E-state index in [0.29, 0.717) is 33.9 Å². The number of hydrogen-bond donors (Lipinski definition) is 0. The van der Waals surface area contributed by atoms with Crippen molar-refractivity contribution in [2.75, 3.05) is 14.2 Å². The highest BCUT2D eigenvalue weighted by molar-refractivity contribution is 5.92. The van der Waals surface area contributed by atoms with Crippen molar-refractivity contribution in [3.8, 4) is 17.2 Å². The first-order chi connectivity index (χ1) is 16.2. The van der Waals surface area contributed by atoms with E-state index in [1.165, 1.54) is 0 Å².